The molecule has 2 aromatic carbocycles. The van der Waals surface area contributed by atoms with Gasteiger partial charge in [0.25, 0.3) is 0 Å². The Kier molecular flexibility index (Phi) is 4.02. The topological polar surface area (TPSA) is 46.5 Å². The number of ether oxygens (including phenoxy) is 1. The standard InChI is InChI=1S/C14H10ClFO3/c15-12-10(14(17)18)6-7-11(13(12)16)19-8-9-4-2-1-3-5-9/h1-7H,8H2,(H,17,18). The van der Waals surface area contributed by atoms with Gasteiger partial charge in [-0.05, 0) is 17.7 Å². The molecular weight excluding hydrogens is 271 g/mol. The van der Waals surface area contributed by atoms with Gasteiger partial charge in [-0.25, -0.2) is 9.18 Å². The number of hydrogen-bond donors (Lipinski definition) is 1. The smallest absolute Gasteiger partial charge is 0.337 e. The van der Waals surface area contributed by atoms with Crippen LogP contribution in [-0.4, -0.2) is 11.1 Å². The number of carboxylic acid groups (broad SMARTS) is 1. The van der Waals surface area contributed by atoms with Crippen LogP contribution in [0.25, 0.3) is 0 Å². The van der Waals surface area contributed by atoms with Crippen LogP contribution < -0.4 is 4.74 Å². The van der Waals surface area contributed by atoms with E-state index in [1.807, 2.05) is 30.3 Å². The third-order valence-corrected chi connectivity index (χ3v) is 2.88. The second kappa shape index (κ2) is 5.71. The fraction of sp³-hybridized carbons (Fsp3) is 0.0714. The molecule has 3 nitrogen and oxygen atoms in total. The Morgan fingerprint density at radius 1 is 1.21 bits per heavy atom. The molecule has 0 saturated carbocycles. The number of rotatable bonds is 4. The number of carbonyl (C=O) groups is 1. The van der Waals surface area contributed by atoms with Crippen molar-refractivity contribution >= 4 is 17.6 Å². The van der Waals surface area contributed by atoms with Gasteiger partial charge >= 0.3 is 5.97 Å². The summed E-state index contributed by atoms with van der Waals surface area (Å²) in [5, 5.41) is 8.35. The van der Waals surface area contributed by atoms with E-state index in [0.29, 0.717) is 0 Å². The van der Waals surface area contributed by atoms with E-state index in [0.717, 1.165) is 5.56 Å². The zero-order valence-corrected chi connectivity index (χ0v) is 10.5. The van der Waals surface area contributed by atoms with Crippen molar-refractivity contribution < 1.29 is 19.0 Å². The zero-order chi connectivity index (χ0) is 13.8. The van der Waals surface area contributed by atoms with Gasteiger partial charge in [-0.3, -0.25) is 0 Å². The van der Waals surface area contributed by atoms with Crippen LogP contribution in [0.3, 0.4) is 0 Å². The lowest BCUT2D eigenvalue weighted by atomic mass is 10.2. The Bertz CT molecular complexity index is 599. The zero-order valence-electron chi connectivity index (χ0n) is 9.77. The first-order valence-electron chi connectivity index (χ1n) is 5.47. The van der Waals surface area contributed by atoms with E-state index in [1.165, 1.54) is 12.1 Å². The summed E-state index contributed by atoms with van der Waals surface area (Å²) in [5.41, 5.74) is 0.589. The molecule has 0 saturated heterocycles. The lowest BCUT2D eigenvalue weighted by molar-refractivity contribution is 0.0696. The van der Waals surface area contributed by atoms with Crippen LogP contribution in [-0.2, 0) is 6.61 Å². The molecule has 0 heterocycles. The molecule has 0 radical (unpaired) electrons. The minimum atomic E-state index is -1.28. The number of benzene rings is 2. The van der Waals surface area contributed by atoms with Gasteiger partial charge < -0.3 is 9.84 Å². The summed E-state index contributed by atoms with van der Waals surface area (Å²) in [6.07, 6.45) is 0. The monoisotopic (exact) mass is 280 g/mol. The molecule has 0 fully saturated rings. The van der Waals surface area contributed by atoms with Crippen LogP contribution in [0.2, 0.25) is 5.02 Å². The molecular formula is C14H10ClFO3. The summed E-state index contributed by atoms with van der Waals surface area (Å²) in [4.78, 5) is 10.8. The third kappa shape index (κ3) is 3.03. The Morgan fingerprint density at radius 2 is 1.89 bits per heavy atom. The predicted octanol–water partition coefficient (Wildman–Crippen LogP) is 3.76. The van der Waals surface area contributed by atoms with E-state index >= 15 is 0 Å². The largest absolute Gasteiger partial charge is 0.486 e. The van der Waals surface area contributed by atoms with Gasteiger partial charge in [0.05, 0.1) is 10.6 Å². The van der Waals surface area contributed by atoms with Crippen molar-refractivity contribution in [1.29, 1.82) is 0 Å². The van der Waals surface area contributed by atoms with Gasteiger partial charge in [-0.1, -0.05) is 41.9 Å². The highest BCUT2D eigenvalue weighted by Gasteiger charge is 2.17. The SMILES string of the molecule is O=C(O)c1ccc(OCc2ccccc2)c(F)c1Cl. The first-order valence-corrected chi connectivity index (χ1v) is 5.85. The third-order valence-electron chi connectivity index (χ3n) is 2.51. The van der Waals surface area contributed by atoms with Crippen LogP contribution in [0.4, 0.5) is 4.39 Å². The second-order valence-corrected chi connectivity index (χ2v) is 4.20. The summed E-state index contributed by atoms with van der Waals surface area (Å²) in [5.74, 6) is -2.21. The molecule has 2 rings (SSSR count). The molecule has 98 valence electrons. The Morgan fingerprint density at radius 3 is 2.53 bits per heavy atom. The van der Waals surface area contributed by atoms with E-state index in [1.54, 1.807) is 0 Å². The molecule has 0 unspecified atom stereocenters. The molecule has 0 aliphatic carbocycles. The quantitative estimate of drug-likeness (QED) is 0.927. The van der Waals surface area contributed by atoms with Crippen LogP contribution >= 0.6 is 11.6 Å². The van der Waals surface area contributed by atoms with E-state index in [4.69, 9.17) is 21.4 Å². The maximum Gasteiger partial charge on any atom is 0.337 e. The van der Waals surface area contributed by atoms with E-state index < -0.39 is 16.8 Å². The summed E-state index contributed by atoms with van der Waals surface area (Å²) in [7, 11) is 0. The number of aromatic carboxylic acids is 1. The molecule has 0 bridgehead atoms. The summed E-state index contributed by atoms with van der Waals surface area (Å²) in [6, 6.07) is 11.7. The maximum absolute atomic E-state index is 13.8. The van der Waals surface area contributed by atoms with Crippen molar-refractivity contribution in [2.75, 3.05) is 0 Å². The van der Waals surface area contributed by atoms with Gasteiger partial charge in [-0.15, -0.1) is 0 Å². The Labute approximate surface area is 114 Å². The van der Waals surface area contributed by atoms with Gasteiger partial charge in [0.1, 0.15) is 6.61 Å². The molecule has 5 heteroatoms. The van der Waals surface area contributed by atoms with Crippen LogP contribution in [0, 0.1) is 5.82 Å². The van der Waals surface area contributed by atoms with Gasteiger partial charge in [0.15, 0.2) is 11.6 Å². The molecule has 0 spiro atoms. The van der Waals surface area contributed by atoms with Crippen LogP contribution in [0.1, 0.15) is 15.9 Å². The first-order chi connectivity index (χ1) is 9.09. The van der Waals surface area contributed by atoms with Crippen molar-refractivity contribution in [3.05, 3.63) is 64.4 Å². The minimum absolute atomic E-state index is 0.0705. The fourth-order valence-corrected chi connectivity index (χ4v) is 1.78. The highest BCUT2D eigenvalue weighted by Crippen LogP contribution is 2.28. The summed E-state index contributed by atoms with van der Waals surface area (Å²) in [6.45, 7) is 0.181. The number of halogens is 2. The van der Waals surface area contributed by atoms with Gasteiger partial charge in [-0.2, -0.15) is 0 Å². The average molecular weight is 281 g/mol. The highest BCUT2D eigenvalue weighted by atomic mass is 35.5. The minimum Gasteiger partial charge on any atom is -0.486 e. The molecule has 0 aliphatic rings. The molecule has 0 amide bonds. The molecule has 0 aliphatic heterocycles. The number of carboxylic acids is 1. The van der Waals surface area contributed by atoms with E-state index in [2.05, 4.69) is 0 Å². The molecule has 19 heavy (non-hydrogen) atoms. The molecule has 0 aromatic heterocycles. The normalized spacial score (nSPS) is 10.2. The highest BCUT2D eigenvalue weighted by molar-refractivity contribution is 6.33. The average Bonchev–Trinajstić information content (AvgIpc) is 2.41. The van der Waals surface area contributed by atoms with Crippen molar-refractivity contribution in [1.82, 2.24) is 0 Å². The molecule has 2 aromatic rings. The van der Waals surface area contributed by atoms with Gasteiger partial charge in [0.2, 0.25) is 0 Å². The van der Waals surface area contributed by atoms with Crippen molar-refractivity contribution in [2.45, 2.75) is 6.61 Å². The summed E-state index contributed by atoms with van der Waals surface area (Å²) < 4.78 is 19.1. The van der Waals surface area contributed by atoms with Crippen LogP contribution in [0.5, 0.6) is 5.75 Å². The van der Waals surface area contributed by atoms with E-state index in [9.17, 15) is 9.18 Å². The molecule has 1 N–H and O–H groups in total. The number of hydrogen-bond acceptors (Lipinski definition) is 2. The van der Waals surface area contributed by atoms with Crippen molar-refractivity contribution in [2.24, 2.45) is 0 Å². The first kappa shape index (κ1) is 13.4. The van der Waals surface area contributed by atoms with E-state index in [-0.39, 0.29) is 17.9 Å². The second-order valence-electron chi connectivity index (χ2n) is 3.82. The van der Waals surface area contributed by atoms with Crippen molar-refractivity contribution in [3.63, 3.8) is 0 Å². The van der Waals surface area contributed by atoms with Crippen LogP contribution in [0.15, 0.2) is 42.5 Å². The maximum atomic E-state index is 13.8. The fourth-order valence-electron chi connectivity index (χ4n) is 1.54. The Hall–Kier alpha value is -2.07. The lowest BCUT2D eigenvalue weighted by Crippen LogP contribution is -2.02. The lowest BCUT2D eigenvalue weighted by Gasteiger charge is -2.09. The van der Waals surface area contributed by atoms with Gasteiger partial charge in [0, 0.05) is 0 Å². The Balaban J connectivity index is 2.18. The molecule has 0 atom stereocenters. The summed E-state index contributed by atoms with van der Waals surface area (Å²) >= 11 is 5.64. The predicted molar refractivity (Wildman–Crippen MR) is 69.1 cm³/mol. The van der Waals surface area contributed by atoms with Crippen molar-refractivity contribution in [3.8, 4) is 5.75 Å².